The van der Waals surface area contributed by atoms with Gasteiger partial charge in [0.1, 0.15) is 22.0 Å². The van der Waals surface area contributed by atoms with Gasteiger partial charge in [-0.05, 0) is 43.3 Å². The summed E-state index contributed by atoms with van der Waals surface area (Å²) in [6.45, 7) is 0.810. The van der Waals surface area contributed by atoms with Crippen molar-refractivity contribution in [2.24, 2.45) is 0 Å². The molecule has 0 aliphatic heterocycles. The van der Waals surface area contributed by atoms with Crippen LogP contribution in [0.2, 0.25) is 5.02 Å². The first-order valence-corrected chi connectivity index (χ1v) is 10.6. The molecule has 2 aromatic carbocycles. The molecule has 0 spiro atoms. The minimum absolute atomic E-state index is 0.0874. The first-order valence-electron chi connectivity index (χ1n) is 7.97. The zero-order valence-electron chi connectivity index (χ0n) is 14.5. The lowest BCUT2D eigenvalue weighted by Gasteiger charge is -2.13. The van der Waals surface area contributed by atoms with Crippen LogP contribution in [0.25, 0.3) is 11.0 Å². The number of aromatic nitrogens is 2. The molecule has 1 atom stereocenters. The topological polar surface area (TPSA) is 115 Å². The number of nitrogens with zero attached hydrogens (tertiary/aromatic N) is 2. The lowest BCUT2D eigenvalue weighted by atomic mass is 10.1. The number of carbonyl (C=O) groups is 2. The molecule has 3 rings (SSSR count). The summed E-state index contributed by atoms with van der Waals surface area (Å²) in [7, 11) is -4.04. The molecular formula is C17H14ClN3O5S2. The number of Topliss-reactive ketones (excluding diaryl/α,β-unsaturated/α-hetero) is 1. The first-order chi connectivity index (χ1) is 13.3. The van der Waals surface area contributed by atoms with E-state index in [9.17, 15) is 18.0 Å². The molecule has 1 heterocycles. The molecule has 0 amide bonds. The van der Waals surface area contributed by atoms with Crippen LogP contribution in [-0.2, 0) is 19.6 Å². The molecule has 146 valence electrons. The van der Waals surface area contributed by atoms with Crippen molar-refractivity contribution in [3.8, 4) is 0 Å². The lowest BCUT2D eigenvalue weighted by Crippen LogP contribution is -2.40. The average molecular weight is 440 g/mol. The minimum atomic E-state index is -4.04. The van der Waals surface area contributed by atoms with E-state index in [0.29, 0.717) is 16.1 Å². The van der Waals surface area contributed by atoms with E-state index in [1.165, 1.54) is 31.2 Å². The molecule has 0 aliphatic rings. The largest absolute Gasteiger partial charge is 0.456 e. The summed E-state index contributed by atoms with van der Waals surface area (Å²) in [6.07, 6.45) is 0. The number of halogens is 1. The number of benzene rings is 2. The van der Waals surface area contributed by atoms with E-state index in [1.54, 1.807) is 18.2 Å². The van der Waals surface area contributed by atoms with Gasteiger partial charge in [-0.25, -0.2) is 8.42 Å². The van der Waals surface area contributed by atoms with Crippen molar-refractivity contribution < 1.29 is 22.7 Å². The van der Waals surface area contributed by atoms with Crippen LogP contribution in [0.4, 0.5) is 0 Å². The maximum atomic E-state index is 12.6. The van der Waals surface area contributed by atoms with Gasteiger partial charge in [-0.3, -0.25) is 9.59 Å². The molecule has 28 heavy (non-hydrogen) atoms. The van der Waals surface area contributed by atoms with E-state index in [2.05, 4.69) is 13.5 Å². The smallest absolute Gasteiger partial charge is 0.324 e. The Labute approximate surface area is 169 Å². The van der Waals surface area contributed by atoms with Crippen molar-refractivity contribution in [2.45, 2.75) is 17.9 Å². The molecule has 8 nitrogen and oxygen atoms in total. The monoisotopic (exact) mass is 439 g/mol. The van der Waals surface area contributed by atoms with Gasteiger partial charge in [-0.15, -0.1) is 0 Å². The standard InChI is InChI=1S/C17H14ClN3O5S2/c1-10(17(23)26-9-14(22)11-5-7-12(18)8-6-11)21-28(24,25)15-4-2-3-13-16(15)20-27-19-13/h2-8,10,21H,9H2,1H3/t10-/m0/s1. The van der Waals surface area contributed by atoms with Gasteiger partial charge in [0.25, 0.3) is 0 Å². The van der Waals surface area contributed by atoms with E-state index >= 15 is 0 Å². The van der Waals surface area contributed by atoms with Crippen molar-refractivity contribution >= 4 is 56.1 Å². The van der Waals surface area contributed by atoms with Gasteiger partial charge < -0.3 is 4.74 Å². The molecule has 0 radical (unpaired) electrons. The molecule has 0 saturated carbocycles. The second-order valence-electron chi connectivity index (χ2n) is 5.77. The molecule has 1 aromatic heterocycles. The van der Waals surface area contributed by atoms with Gasteiger partial charge in [0.2, 0.25) is 10.0 Å². The van der Waals surface area contributed by atoms with Crippen molar-refractivity contribution in [1.29, 1.82) is 0 Å². The molecule has 0 fully saturated rings. The van der Waals surface area contributed by atoms with Crippen LogP contribution >= 0.6 is 23.3 Å². The molecular weight excluding hydrogens is 426 g/mol. The van der Waals surface area contributed by atoms with Gasteiger partial charge in [0, 0.05) is 10.6 Å². The maximum Gasteiger partial charge on any atom is 0.324 e. The van der Waals surface area contributed by atoms with Gasteiger partial charge in [0.05, 0.1) is 11.7 Å². The highest BCUT2D eigenvalue weighted by Gasteiger charge is 2.26. The van der Waals surface area contributed by atoms with Crippen LogP contribution < -0.4 is 4.72 Å². The van der Waals surface area contributed by atoms with Crippen LogP contribution in [0.5, 0.6) is 0 Å². The highest BCUT2D eigenvalue weighted by molar-refractivity contribution is 7.89. The Hall–Kier alpha value is -2.40. The molecule has 0 saturated heterocycles. The third kappa shape index (κ3) is 4.53. The van der Waals surface area contributed by atoms with Crippen molar-refractivity contribution in [1.82, 2.24) is 13.5 Å². The van der Waals surface area contributed by atoms with Crippen LogP contribution in [0.1, 0.15) is 17.3 Å². The Kier molecular flexibility index (Phi) is 6.04. The zero-order valence-corrected chi connectivity index (χ0v) is 16.8. The summed E-state index contributed by atoms with van der Waals surface area (Å²) < 4.78 is 40.3. The predicted octanol–water partition coefficient (Wildman–Crippen LogP) is 2.44. The zero-order chi connectivity index (χ0) is 20.3. The van der Waals surface area contributed by atoms with Gasteiger partial charge in [-0.1, -0.05) is 17.7 Å². The quantitative estimate of drug-likeness (QED) is 0.444. The Balaban J connectivity index is 1.64. The summed E-state index contributed by atoms with van der Waals surface area (Å²) in [5, 5.41) is 0.474. The van der Waals surface area contributed by atoms with Crippen molar-refractivity contribution in [2.75, 3.05) is 6.61 Å². The number of ketones is 1. The fraction of sp³-hybridized carbons (Fsp3) is 0.176. The van der Waals surface area contributed by atoms with Crippen molar-refractivity contribution in [3.05, 3.63) is 53.1 Å². The summed E-state index contributed by atoms with van der Waals surface area (Å²) in [5.74, 6) is -1.31. The van der Waals surface area contributed by atoms with E-state index < -0.39 is 34.4 Å². The number of fused-ring (bicyclic) bond motifs is 1. The molecule has 3 aromatic rings. The number of sulfonamides is 1. The minimum Gasteiger partial charge on any atom is -0.456 e. The Bertz CT molecular complexity index is 1130. The van der Waals surface area contributed by atoms with Gasteiger partial charge in [0.15, 0.2) is 12.4 Å². The fourth-order valence-electron chi connectivity index (χ4n) is 2.32. The van der Waals surface area contributed by atoms with E-state index in [1.807, 2.05) is 0 Å². The third-order valence-electron chi connectivity index (χ3n) is 3.74. The van der Waals surface area contributed by atoms with Crippen LogP contribution in [-0.4, -0.2) is 41.6 Å². The number of hydrogen-bond donors (Lipinski definition) is 1. The van der Waals surface area contributed by atoms with Gasteiger partial charge >= 0.3 is 5.97 Å². The SMILES string of the molecule is C[C@H](NS(=O)(=O)c1cccc2nsnc12)C(=O)OCC(=O)c1ccc(Cl)cc1. The molecule has 1 N–H and O–H groups in total. The Morgan fingerprint density at radius 1 is 1.18 bits per heavy atom. The van der Waals surface area contributed by atoms with Crippen LogP contribution in [0, 0.1) is 0 Å². The molecule has 0 unspecified atom stereocenters. The number of carbonyl (C=O) groups excluding carboxylic acids is 2. The molecule has 11 heteroatoms. The number of nitrogens with one attached hydrogen (secondary N) is 1. The second kappa shape index (κ2) is 8.31. The first kappa shape index (κ1) is 20.3. The normalized spacial score (nSPS) is 12.6. The van der Waals surface area contributed by atoms with E-state index in [-0.39, 0.29) is 10.4 Å². The van der Waals surface area contributed by atoms with Crippen molar-refractivity contribution in [3.63, 3.8) is 0 Å². The fourth-order valence-corrected chi connectivity index (χ4v) is 4.41. The molecule has 0 aliphatic carbocycles. The number of rotatable bonds is 7. The average Bonchev–Trinajstić information content (AvgIpc) is 3.14. The number of hydrogen-bond acceptors (Lipinski definition) is 8. The summed E-state index contributed by atoms with van der Waals surface area (Å²) >= 11 is 6.65. The van der Waals surface area contributed by atoms with Crippen LogP contribution in [0.15, 0.2) is 47.4 Å². The Morgan fingerprint density at radius 3 is 2.61 bits per heavy atom. The predicted molar refractivity (Wildman–Crippen MR) is 104 cm³/mol. The summed E-state index contributed by atoms with van der Waals surface area (Å²) in [5.41, 5.74) is 0.989. The van der Waals surface area contributed by atoms with Gasteiger partial charge in [-0.2, -0.15) is 13.5 Å². The second-order valence-corrected chi connectivity index (χ2v) is 8.42. The number of esters is 1. The highest BCUT2D eigenvalue weighted by atomic mass is 35.5. The third-order valence-corrected chi connectivity index (χ3v) is 6.10. The van der Waals surface area contributed by atoms with Crippen LogP contribution in [0.3, 0.4) is 0 Å². The Morgan fingerprint density at radius 2 is 1.89 bits per heavy atom. The van der Waals surface area contributed by atoms with E-state index in [0.717, 1.165) is 11.7 Å². The summed E-state index contributed by atoms with van der Waals surface area (Å²) in [4.78, 5) is 24.1. The van der Waals surface area contributed by atoms with E-state index in [4.69, 9.17) is 16.3 Å². The highest BCUT2D eigenvalue weighted by Crippen LogP contribution is 2.21. The number of ether oxygens (including phenoxy) is 1. The maximum absolute atomic E-state index is 12.6. The molecule has 0 bridgehead atoms. The lowest BCUT2D eigenvalue weighted by molar-refractivity contribution is -0.144. The summed E-state index contributed by atoms with van der Waals surface area (Å²) in [6, 6.07) is 9.44.